The van der Waals surface area contributed by atoms with E-state index < -0.39 is 5.82 Å². The third-order valence-corrected chi connectivity index (χ3v) is 6.18. The van der Waals surface area contributed by atoms with Crippen LogP contribution in [0, 0.1) is 30.0 Å². The predicted molar refractivity (Wildman–Crippen MR) is 124 cm³/mol. The molecule has 5 rings (SSSR count). The lowest BCUT2D eigenvalue weighted by Gasteiger charge is -2.34. The molecule has 1 saturated carbocycles. The fourth-order valence-corrected chi connectivity index (χ4v) is 4.24. The highest BCUT2D eigenvalue weighted by atomic mass is 19.1. The third-order valence-electron chi connectivity index (χ3n) is 6.18. The summed E-state index contributed by atoms with van der Waals surface area (Å²) >= 11 is 0. The highest BCUT2D eigenvalue weighted by Gasteiger charge is 2.32. The number of hydrogen-bond donors (Lipinski definition) is 0. The maximum Gasteiger partial charge on any atom is 0.216 e. The number of fused-ring (bicyclic) bond motifs is 1. The average molecular weight is 458 g/mol. The van der Waals surface area contributed by atoms with Crippen molar-refractivity contribution in [3.05, 3.63) is 77.3 Å². The first-order valence-electron chi connectivity index (χ1n) is 11.2. The summed E-state index contributed by atoms with van der Waals surface area (Å²) in [5, 5.41) is 8.83. The molecule has 0 spiro atoms. The Hall–Kier alpha value is -3.99. The summed E-state index contributed by atoms with van der Waals surface area (Å²) in [6.07, 6.45) is 4.50. The monoisotopic (exact) mass is 457 g/mol. The van der Waals surface area contributed by atoms with Gasteiger partial charge in [-0.25, -0.2) is 14.4 Å². The Morgan fingerprint density at radius 3 is 2.79 bits per heavy atom. The zero-order valence-electron chi connectivity index (χ0n) is 19.0. The minimum absolute atomic E-state index is 0.000492. The van der Waals surface area contributed by atoms with Gasteiger partial charge < -0.3 is 14.0 Å². The van der Waals surface area contributed by atoms with E-state index in [4.69, 9.17) is 19.7 Å². The van der Waals surface area contributed by atoms with Crippen molar-refractivity contribution >= 4 is 11.0 Å². The lowest BCUT2D eigenvalue weighted by Crippen LogP contribution is -2.35. The van der Waals surface area contributed by atoms with Gasteiger partial charge in [0.1, 0.15) is 18.5 Å². The van der Waals surface area contributed by atoms with Gasteiger partial charge in [0.15, 0.2) is 17.4 Å². The third kappa shape index (κ3) is 4.55. The largest absolute Gasteiger partial charge is 0.483 e. The first-order valence-corrected chi connectivity index (χ1v) is 11.2. The quantitative estimate of drug-likeness (QED) is 0.401. The number of aryl methyl sites for hydroxylation is 2. The first kappa shape index (κ1) is 21.8. The van der Waals surface area contributed by atoms with Gasteiger partial charge in [0.25, 0.3) is 0 Å². The summed E-state index contributed by atoms with van der Waals surface area (Å²) in [6, 6.07) is 14.0. The Kier molecular flexibility index (Phi) is 5.84. The number of nitriles is 1. The number of benzene rings is 2. The highest BCUT2D eigenvalue weighted by molar-refractivity contribution is 5.76. The van der Waals surface area contributed by atoms with Crippen molar-refractivity contribution in [1.82, 2.24) is 19.5 Å². The van der Waals surface area contributed by atoms with E-state index in [2.05, 4.69) is 46.7 Å². The highest BCUT2D eigenvalue weighted by Crippen LogP contribution is 2.34. The van der Waals surface area contributed by atoms with Crippen LogP contribution in [-0.2, 0) is 20.1 Å². The average Bonchev–Trinajstić information content (AvgIpc) is 3.11. The second kappa shape index (κ2) is 9.10. The number of imidazole rings is 1. The first-order chi connectivity index (χ1) is 16.5. The Morgan fingerprint density at radius 1 is 1.15 bits per heavy atom. The Morgan fingerprint density at radius 2 is 2.00 bits per heavy atom. The van der Waals surface area contributed by atoms with Gasteiger partial charge in [-0.05, 0) is 61.6 Å². The zero-order chi connectivity index (χ0) is 23.7. The molecular weight excluding hydrogens is 433 g/mol. The second-order valence-electron chi connectivity index (χ2n) is 8.72. The summed E-state index contributed by atoms with van der Waals surface area (Å²) in [7, 11) is 2.07. The van der Waals surface area contributed by atoms with Crippen molar-refractivity contribution in [2.45, 2.75) is 38.9 Å². The minimum Gasteiger partial charge on any atom is -0.483 e. The summed E-state index contributed by atoms with van der Waals surface area (Å²) in [5.74, 6) is 1.95. The molecule has 0 amide bonds. The van der Waals surface area contributed by atoms with Crippen LogP contribution in [0.3, 0.4) is 0 Å². The van der Waals surface area contributed by atoms with E-state index in [0.717, 1.165) is 36.7 Å². The van der Waals surface area contributed by atoms with Gasteiger partial charge in [-0.1, -0.05) is 6.07 Å². The fraction of sp³-hybridized carbons (Fsp3) is 0.308. The minimum atomic E-state index is -0.595. The van der Waals surface area contributed by atoms with Crippen LogP contribution in [0.15, 0.2) is 48.7 Å². The summed E-state index contributed by atoms with van der Waals surface area (Å²) in [4.78, 5) is 13.4. The fourth-order valence-electron chi connectivity index (χ4n) is 4.24. The van der Waals surface area contributed by atoms with E-state index in [1.165, 1.54) is 23.2 Å². The van der Waals surface area contributed by atoms with Crippen molar-refractivity contribution in [2.75, 3.05) is 0 Å². The van der Waals surface area contributed by atoms with Crippen molar-refractivity contribution in [1.29, 1.82) is 5.26 Å². The number of nitrogens with zero attached hydrogens (tertiary/aromatic N) is 5. The topological polar surface area (TPSA) is 85.8 Å². The molecule has 4 aromatic rings. The number of rotatable bonds is 7. The lowest BCUT2D eigenvalue weighted by atomic mass is 9.80. The van der Waals surface area contributed by atoms with Gasteiger partial charge in [0.05, 0.1) is 22.7 Å². The molecule has 0 radical (unpaired) electrons. The maximum absolute atomic E-state index is 14.0. The molecule has 2 heterocycles. The van der Waals surface area contributed by atoms with E-state index in [0.29, 0.717) is 17.6 Å². The van der Waals surface area contributed by atoms with Gasteiger partial charge >= 0.3 is 0 Å². The van der Waals surface area contributed by atoms with Gasteiger partial charge in [-0.15, -0.1) is 0 Å². The number of halogens is 1. The molecule has 0 N–H and O–H groups in total. The molecule has 0 unspecified atom stereocenters. The van der Waals surface area contributed by atoms with E-state index in [-0.39, 0.29) is 24.0 Å². The van der Waals surface area contributed by atoms with Crippen LogP contribution >= 0.6 is 0 Å². The van der Waals surface area contributed by atoms with E-state index in [9.17, 15) is 4.39 Å². The Bertz CT molecular complexity index is 1390. The molecular formula is C26H24FN5O2. The number of ether oxygens (including phenoxy) is 2. The summed E-state index contributed by atoms with van der Waals surface area (Å²) in [6.45, 7) is 2.09. The van der Waals surface area contributed by atoms with Crippen molar-refractivity contribution < 1.29 is 13.9 Å². The van der Waals surface area contributed by atoms with Crippen LogP contribution in [0.5, 0.6) is 11.6 Å². The van der Waals surface area contributed by atoms with Gasteiger partial charge in [0, 0.05) is 25.7 Å². The van der Waals surface area contributed by atoms with E-state index >= 15 is 0 Å². The van der Waals surface area contributed by atoms with Gasteiger partial charge in [-0.3, -0.25) is 0 Å². The van der Waals surface area contributed by atoms with Crippen LogP contribution in [0.2, 0.25) is 0 Å². The van der Waals surface area contributed by atoms with Crippen molar-refractivity contribution in [3.8, 4) is 17.7 Å². The van der Waals surface area contributed by atoms with Crippen molar-refractivity contribution in [2.24, 2.45) is 13.0 Å². The molecule has 0 saturated heterocycles. The maximum atomic E-state index is 14.0. The van der Waals surface area contributed by atoms with Crippen LogP contribution in [0.4, 0.5) is 4.39 Å². The van der Waals surface area contributed by atoms with Crippen molar-refractivity contribution in [3.63, 3.8) is 0 Å². The predicted octanol–water partition coefficient (Wildman–Crippen LogP) is 4.66. The van der Waals surface area contributed by atoms with E-state index in [1.807, 2.05) is 6.07 Å². The smallest absolute Gasteiger partial charge is 0.216 e. The van der Waals surface area contributed by atoms with Gasteiger partial charge in [-0.2, -0.15) is 10.2 Å². The number of hydrogen-bond acceptors (Lipinski definition) is 6. The molecule has 0 aliphatic heterocycles. The molecule has 0 atom stereocenters. The molecule has 172 valence electrons. The molecule has 1 aliphatic rings. The van der Waals surface area contributed by atoms with Crippen LogP contribution < -0.4 is 9.47 Å². The summed E-state index contributed by atoms with van der Waals surface area (Å²) < 4.78 is 27.7. The van der Waals surface area contributed by atoms with Crippen LogP contribution in [0.25, 0.3) is 11.0 Å². The normalized spacial score (nSPS) is 17.2. The van der Waals surface area contributed by atoms with Crippen LogP contribution in [-0.4, -0.2) is 25.6 Å². The zero-order valence-corrected chi connectivity index (χ0v) is 19.0. The Labute approximate surface area is 196 Å². The molecule has 1 aliphatic carbocycles. The van der Waals surface area contributed by atoms with Crippen LogP contribution in [0.1, 0.15) is 35.6 Å². The SMILES string of the molecule is Cc1ccc2nc(CC3CC(Oc4ccnc(COc5ccc(C#N)cc5F)n4)C3)n(C)c2c1. The second-order valence-corrected chi connectivity index (χ2v) is 8.72. The molecule has 8 heteroatoms. The Balaban J connectivity index is 1.14. The van der Waals surface area contributed by atoms with Gasteiger partial charge in [0.2, 0.25) is 5.88 Å². The molecule has 1 fully saturated rings. The van der Waals surface area contributed by atoms with E-state index in [1.54, 1.807) is 12.3 Å². The number of aromatic nitrogens is 4. The molecule has 7 nitrogen and oxygen atoms in total. The molecule has 34 heavy (non-hydrogen) atoms. The molecule has 2 aromatic carbocycles. The lowest BCUT2D eigenvalue weighted by molar-refractivity contribution is 0.0593. The standard InChI is InChI=1S/C26H24FN5O2/c1-16-3-5-21-22(9-16)32(2)25(30-21)13-18-10-19(11-18)34-26-7-8-29-24(31-26)15-33-23-6-4-17(14-28)12-20(23)27/h3-9,12,18-19H,10-11,13,15H2,1-2H3. The summed E-state index contributed by atoms with van der Waals surface area (Å²) in [5.41, 5.74) is 3.67. The molecule has 2 aromatic heterocycles. The molecule has 0 bridgehead atoms.